The van der Waals surface area contributed by atoms with Crippen LogP contribution in [0.1, 0.15) is 50.3 Å². The molecule has 2 atom stereocenters. The van der Waals surface area contributed by atoms with E-state index in [-0.39, 0.29) is 17.2 Å². The fourth-order valence-electron chi connectivity index (χ4n) is 3.86. The lowest BCUT2D eigenvalue weighted by Gasteiger charge is -2.27. The number of carbonyl (C=O) groups excluding carboxylic acids is 1. The Morgan fingerprint density at radius 1 is 1.19 bits per heavy atom. The van der Waals surface area contributed by atoms with Crippen LogP contribution in [0.25, 0.3) is 0 Å². The number of hydrogen-bond donors (Lipinski definition) is 1. The number of fused-ring (bicyclic) bond motifs is 1. The first-order valence-corrected chi connectivity index (χ1v) is 9.04. The molecule has 0 saturated carbocycles. The van der Waals surface area contributed by atoms with Gasteiger partial charge in [0.05, 0.1) is 17.1 Å². The van der Waals surface area contributed by atoms with Crippen LogP contribution in [0.5, 0.6) is 0 Å². The Kier molecular flexibility index (Phi) is 3.94. The SMILES string of the molecule is CCC1(C)C(c2ccncc2)=Nc2ccc(C3=NNC(=O)CC3C)cc21. The highest BCUT2D eigenvalue weighted by molar-refractivity contribution is 6.13. The normalized spacial score (nSPS) is 24.6. The van der Waals surface area contributed by atoms with Crippen molar-refractivity contribution in [1.29, 1.82) is 0 Å². The highest BCUT2D eigenvalue weighted by Gasteiger charge is 2.39. The maximum Gasteiger partial charge on any atom is 0.240 e. The second-order valence-electron chi connectivity index (χ2n) is 7.25. The summed E-state index contributed by atoms with van der Waals surface area (Å²) >= 11 is 0. The minimum atomic E-state index is -0.158. The first kappa shape index (κ1) is 16.6. The third kappa shape index (κ3) is 2.55. The van der Waals surface area contributed by atoms with Crippen LogP contribution in [-0.4, -0.2) is 22.3 Å². The molecule has 2 unspecified atom stereocenters. The molecular weight excluding hydrogens is 324 g/mol. The molecular formula is C21H22N4O. The summed E-state index contributed by atoms with van der Waals surface area (Å²) in [6.45, 7) is 6.48. The van der Waals surface area contributed by atoms with Gasteiger partial charge < -0.3 is 0 Å². The highest BCUT2D eigenvalue weighted by atomic mass is 16.2. The van der Waals surface area contributed by atoms with Crippen molar-refractivity contribution >= 4 is 23.0 Å². The Hall–Kier alpha value is -2.82. The van der Waals surface area contributed by atoms with Crippen molar-refractivity contribution in [2.75, 3.05) is 0 Å². The molecule has 0 aliphatic carbocycles. The highest BCUT2D eigenvalue weighted by Crippen LogP contribution is 2.44. The van der Waals surface area contributed by atoms with Gasteiger partial charge in [-0.25, -0.2) is 5.43 Å². The molecule has 3 heterocycles. The molecule has 0 saturated heterocycles. The van der Waals surface area contributed by atoms with Crippen LogP contribution in [0.2, 0.25) is 0 Å². The number of hydrogen-bond acceptors (Lipinski definition) is 4. The molecule has 1 aromatic carbocycles. The number of aliphatic imine (C=N–C) groups is 1. The monoisotopic (exact) mass is 346 g/mol. The Morgan fingerprint density at radius 3 is 2.65 bits per heavy atom. The second kappa shape index (κ2) is 6.16. The first-order chi connectivity index (χ1) is 12.5. The largest absolute Gasteiger partial charge is 0.273 e. The van der Waals surface area contributed by atoms with Crippen LogP contribution < -0.4 is 5.43 Å². The van der Waals surface area contributed by atoms with E-state index in [4.69, 9.17) is 4.99 Å². The van der Waals surface area contributed by atoms with Gasteiger partial charge in [0.1, 0.15) is 0 Å². The van der Waals surface area contributed by atoms with Gasteiger partial charge in [0.25, 0.3) is 0 Å². The number of nitrogens with one attached hydrogen (secondary N) is 1. The topological polar surface area (TPSA) is 66.7 Å². The van der Waals surface area contributed by atoms with Crippen LogP contribution in [0, 0.1) is 5.92 Å². The summed E-state index contributed by atoms with van der Waals surface area (Å²) in [5.41, 5.74) is 8.87. The van der Waals surface area contributed by atoms with Crippen LogP contribution in [0.15, 0.2) is 52.8 Å². The van der Waals surface area contributed by atoms with E-state index in [0.717, 1.165) is 34.7 Å². The number of aromatic nitrogens is 1. The van der Waals surface area contributed by atoms with Gasteiger partial charge in [-0.2, -0.15) is 5.10 Å². The zero-order valence-corrected chi connectivity index (χ0v) is 15.3. The zero-order valence-electron chi connectivity index (χ0n) is 15.3. The number of pyridine rings is 1. The predicted molar refractivity (Wildman–Crippen MR) is 103 cm³/mol. The summed E-state index contributed by atoms with van der Waals surface area (Å²) in [4.78, 5) is 20.6. The average molecular weight is 346 g/mol. The molecule has 2 aliphatic heterocycles. The molecule has 5 nitrogen and oxygen atoms in total. The van der Waals surface area contributed by atoms with Gasteiger partial charge in [0, 0.05) is 30.1 Å². The quantitative estimate of drug-likeness (QED) is 0.920. The average Bonchev–Trinajstić information content (AvgIpc) is 2.95. The lowest BCUT2D eigenvalue weighted by molar-refractivity contribution is -0.121. The van der Waals surface area contributed by atoms with Crippen LogP contribution >= 0.6 is 0 Å². The molecule has 1 amide bonds. The lowest BCUT2D eigenvalue weighted by Crippen LogP contribution is -2.32. The van der Waals surface area contributed by atoms with Crippen LogP contribution in [0.4, 0.5) is 5.69 Å². The smallest absolute Gasteiger partial charge is 0.240 e. The van der Waals surface area contributed by atoms with Crippen molar-refractivity contribution in [2.24, 2.45) is 16.0 Å². The van der Waals surface area contributed by atoms with Gasteiger partial charge in [-0.3, -0.25) is 14.8 Å². The molecule has 2 aliphatic rings. The van der Waals surface area contributed by atoms with E-state index >= 15 is 0 Å². The fraction of sp³-hybridized carbons (Fsp3) is 0.333. The number of rotatable bonds is 3. The van der Waals surface area contributed by atoms with E-state index in [0.29, 0.717) is 6.42 Å². The van der Waals surface area contributed by atoms with Crippen molar-refractivity contribution in [3.63, 3.8) is 0 Å². The van der Waals surface area contributed by atoms with Crippen molar-refractivity contribution < 1.29 is 4.79 Å². The molecule has 5 heteroatoms. The standard InChI is InChI=1S/C21H22N4O/c1-4-21(3)16-12-15(19-13(2)11-18(26)24-25-19)5-6-17(16)23-20(21)14-7-9-22-10-8-14/h5-10,12-13H,4,11H2,1-3H3,(H,24,26). The summed E-state index contributed by atoms with van der Waals surface area (Å²) in [6.07, 6.45) is 5.04. The van der Waals surface area contributed by atoms with Gasteiger partial charge in [-0.15, -0.1) is 0 Å². The van der Waals surface area contributed by atoms with E-state index in [9.17, 15) is 4.79 Å². The van der Waals surface area contributed by atoms with Gasteiger partial charge in [-0.1, -0.05) is 19.9 Å². The summed E-state index contributed by atoms with van der Waals surface area (Å²) < 4.78 is 0. The summed E-state index contributed by atoms with van der Waals surface area (Å²) in [5.74, 6) is 0.0841. The molecule has 1 aromatic heterocycles. The van der Waals surface area contributed by atoms with E-state index < -0.39 is 0 Å². The molecule has 26 heavy (non-hydrogen) atoms. The maximum absolute atomic E-state index is 11.5. The van der Waals surface area contributed by atoms with E-state index in [1.165, 1.54) is 5.56 Å². The van der Waals surface area contributed by atoms with Crippen molar-refractivity contribution in [3.05, 3.63) is 59.4 Å². The van der Waals surface area contributed by atoms with Crippen molar-refractivity contribution in [3.8, 4) is 0 Å². The predicted octanol–water partition coefficient (Wildman–Crippen LogP) is 3.74. The van der Waals surface area contributed by atoms with Gasteiger partial charge >= 0.3 is 0 Å². The third-order valence-corrected chi connectivity index (χ3v) is 5.56. The number of hydrazone groups is 1. The maximum atomic E-state index is 11.5. The van der Waals surface area contributed by atoms with Gasteiger partial charge in [-0.05, 0) is 54.3 Å². The molecule has 0 spiro atoms. The summed E-state index contributed by atoms with van der Waals surface area (Å²) in [6, 6.07) is 10.4. The molecule has 0 radical (unpaired) electrons. The number of carbonyl (C=O) groups is 1. The Balaban J connectivity index is 1.78. The van der Waals surface area contributed by atoms with E-state index in [1.807, 2.05) is 31.5 Å². The molecule has 0 bridgehead atoms. The number of amides is 1. The number of benzene rings is 1. The molecule has 132 valence electrons. The van der Waals surface area contributed by atoms with Gasteiger partial charge in [0.2, 0.25) is 5.91 Å². The minimum Gasteiger partial charge on any atom is -0.273 e. The van der Waals surface area contributed by atoms with E-state index in [2.05, 4.69) is 47.6 Å². The lowest BCUT2D eigenvalue weighted by atomic mass is 9.74. The Labute approximate surface area is 153 Å². The Morgan fingerprint density at radius 2 is 1.96 bits per heavy atom. The Bertz CT molecular complexity index is 932. The second-order valence-corrected chi connectivity index (χ2v) is 7.25. The summed E-state index contributed by atoms with van der Waals surface area (Å²) in [5, 5.41) is 4.31. The summed E-state index contributed by atoms with van der Waals surface area (Å²) in [7, 11) is 0. The third-order valence-electron chi connectivity index (χ3n) is 5.56. The molecule has 4 rings (SSSR count). The van der Waals surface area contributed by atoms with Crippen molar-refractivity contribution in [2.45, 2.75) is 39.0 Å². The molecule has 1 N–H and O–H groups in total. The molecule has 0 fully saturated rings. The number of nitrogens with zero attached hydrogens (tertiary/aromatic N) is 3. The van der Waals surface area contributed by atoms with Crippen molar-refractivity contribution in [1.82, 2.24) is 10.4 Å². The zero-order chi connectivity index (χ0) is 18.3. The van der Waals surface area contributed by atoms with Crippen LogP contribution in [-0.2, 0) is 10.2 Å². The molecule has 2 aromatic rings. The fourth-order valence-corrected chi connectivity index (χ4v) is 3.86. The van der Waals surface area contributed by atoms with Gasteiger partial charge in [0.15, 0.2) is 0 Å². The van der Waals surface area contributed by atoms with E-state index in [1.54, 1.807) is 0 Å². The minimum absolute atomic E-state index is 0.0240. The first-order valence-electron chi connectivity index (χ1n) is 9.04. The van der Waals surface area contributed by atoms with Crippen LogP contribution in [0.3, 0.4) is 0 Å².